The van der Waals surface area contributed by atoms with Gasteiger partial charge in [0, 0.05) is 12.5 Å². The number of hydrogen-bond donors (Lipinski definition) is 0. The largest absolute Gasteiger partial charge is 0.487 e. The zero-order valence-electron chi connectivity index (χ0n) is 10.2. The molecule has 0 aromatic heterocycles. The molecule has 1 aliphatic rings. The van der Waals surface area contributed by atoms with Gasteiger partial charge in [-0.3, -0.25) is 9.59 Å². The number of carbonyl (C=O) groups excluding carboxylic acids is 2. The molecule has 0 bridgehead atoms. The van der Waals surface area contributed by atoms with Crippen molar-refractivity contribution in [2.75, 3.05) is 11.4 Å². The topological polar surface area (TPSA) is 46.6 Å². The first-order valence-electron chi connectivity index (χ1n) is 5.59. The fourth-order valence-electron chi connectivity index (χ4n) is 1.95. The molecular formula is C13H15NO3. The molecule has 17 heavy (non-hydrogen) atoms. The van der Waals surface area contributed by atoms with Crippen molar-refractivity contribution in [2.45, 2.75) is 26.9 Å². The lowest BCUT2D eigenvalue weighted by atomic mass is 10.1. The van der Waals surface area contributed by atoms with Crippen LogP contribution in [0.5, 0.6) is 5.75 Å². The van der Waals surface area contributed by atoms with E-state index in [0.29, 0.717) is 23.5 Å². The lowest BCUT2D eigenvalue weighted by Gasteiger charge is -2.33. The molecule has 1 amide bonds. The fraction of sp³-hybridized carbons (Fsp3) is 0.385. The smallest absolute Gasteiger partial charge is 0.224 e. The van der Waals surface area contributed by atoms with Crippen LogP contribution in [0.15, 0.2) is 18.2 Å². The number of carbonyl (C=O) groups is 2. The third-order valence-electron chi connectivity index (χ3n) is 2.80. The van der Waals surface area contributed by atoms with Crippen LogP contribution in [0, 0.1) is 0 Å². The molecule has 0 radical (unpaired) electrons. The summed E-state index contributed by atoms with van der Waals surface area (Å²) in [6.45, 7) is 5.45. The number of ketones is 1. The van der Waals surface area contributed by atoms with E-state index in [0.717, 1.165) is 0 Å². The van der Waals surface area contributed by atoms with Gasteiger partial charge in [-0.1, -0.05) is 0 Å². The van der Waals surface area contributed by atoms with Crippen LogP contribution >= 0.6 is 0 Å². The predicted octanol–water partition coefficient (Wildman–Crippen LogP) is 2.02. The zero-order valence-corrected chi connectivity index (χ0v) is 10.2. The number of amides is 1. The Balaban J connectivity index is 2.49. The fourth-order valence-corrected chi connectivity index (χ4v) is 1.95. The Morgan fingerprint density at radius 3 is 2.65 bits per heavy atom. The molecule has 90 valence electrons. The van der Waals surface area contributed by atoms with Gasteiger partial charge in [0.25, 0.3) is 0 Å². The van der Waals surface area contributed by atoms with E-state index in [1.54, 1.807) is 23.1 Å². The monoisotopic (exact) mass is 233 g/mol. The van der Waals surface area contributed by atoms with Gasteiger partial charge in [-0.15, -0.1) is 0 Å². The van der Waals surface area contributed by atoms with E-state index < -0.39 is 0 Å². The van der Waals surface area contributed by atoms with Gasteiger partial charge in [-0.25, -0.2) is 0 Å². The molecule has 1 aromatic carbocycles. The molecule has 0 saturated carbocycles. The molecule has 1 aliphatic heterocycles. The minimum absolute atomic E-state index is 0.0186. The maximum absolute atomic E-state index is 11.6. The van der Waals surface area contributed by atoms with Crippen molar-refractivity contribution in [3.05, 3.63) is 23.8 Å². The normalized spacial score (nSPS) is 18.3. The maximum atomic E-state index is 11.6. The third kappa shape index (κ3) is 2.16. The number of fused-ring (bicyclic) bond motifs is 1. The Bertz CT molecular complexity index is 482. The second-order valence-corrected chi connectivity index (χ2v) is 4.30. The number of nitrogens with zero attached hydrogens (tertiary/aromatic N) is 1. The van der Waals surface area contributed by atoms with Gasteiger partial charge in [0.05, 0.1) is 12.2 Å². The minimum Gasteiger partial charge on any atom is -0.487 e. The average Bonchev–Trinajstić information content (AvgIpc) is 2.26. The van der Waals surface area contributed by atoms with Crippen LogP contribution in [0.4, 0.5) is 5.69 Å². The Kier molecular flexibility index (Phi) is 2.88. The van der Waals surface area contributed by atoms with E-state index in [-0.39, 0.29) is 17.8 Å². The molecule has 1 atom stereocenters. The summed E-state index contributed by atoms with van der Waals surface area (Å²) < 4.78 is 5.64. The summed E-state index contributed by atoms with van der Waals surface area (Å²) in [5, 5.41) is 0. The van der Waals surface area contributed by atoms with E-state index >= 15 is 0 Å². The number of hydrogen-bond acceptors (Lipinski definition) is 3. The minimum atomic E-state index is -0.0397. The van der Waals surface area contributed by atoms with Crippen LogP contribution < -0.4 is 9.64 Å². The summed E-state index contributed by atoms with van der Waals surface area (Å²) >= 11 is 0. The first kappa shape index (κ1) is 11.6. The van der Waals surface area contributed by atoms with Crippen LogP contribution in [0.1, 0.15) is 31.1 Å². The van der Waals surface area contributed by atoms with Gasteiger partial charge in [0.1, 0.15) is 11.9 Å². The van der Waals surface area contributed by atoms with Crippen molar-refractivity contribution in [3.63, 3.8) is 0 Å². The van der Waals surface area contributed by atoms with Crippen LogP contribution in [-0.4, -0.2) is 24.3 Å². The molecule has 1 aromatic rings. The van der Waals surface area contributed by atoms with Crippen LogP contribution in [0.25, 0.3) is 0 Å². The zero-order chi connectivity index (χ0) is 12.6. The van der Waals surface area contributed by atoms with Gasteiger partial charge in [-0.2, -0.15) is 0 Å². The summed E-state index contributed by atoms with van der Waals surface area (Å²) in [4.78, 5) is 24.6. The average molecular weight is 233 g/mol. The second kappa shape index (κ2) is 4.20. The Morgan fingerprint density at radius 1 is 1.35 bits per heavy atom. The Labute approximate surface area is 100 Å². The first-order chi connectivity index (χ1) is 7.99. The van der Waals surface area contributed by atoms with Crippen molar-refractivity contribution in [2.24, 2.45) is 0 Å². The lowest BCUT2D eigenvalue weighted by molar-refractivity contribution is -0.117. The van der Waals surface area contributed by atoms with Crippen molar-refractivity contribution in [3.8, 4) is 5.75 Å². The van der Waals surface area contributed by atoms with Crippen LogP contribution in [0.2, 0.25) is 0 Å². The Hall–Kier alpha value is -1.84. The first-order valence-corrected chi connectivity index (χ1v) is 5.59. The van der Waals surface area contributed by atoms with E-state index in [4.69, 9.17) is 4.74 Å². The van der Waals surface area contributed by atoms with Gasteiger partial charge in [0.15, 0.2) is 5.78 Å². The molecular weight excluding hydrogens is 218 g/mol. The molecule has 0 saturated heterocycles. The number of anilines is 1. The van der Waals surface area contributed by atoms with Crippen molar-refractivity contribution in [1.29, 1.82) is 0 Å². The van der Waals surface area contributed by atoms with E-state index in [1.165, 1.54) is 13.8 Å². The number of ether oxygens (including phenoxy) is 1. The highest BCUT2D eigenvalue weighted by atomic mass is 16.5. The molecule has 1 unspecified atom stereocenters. The Morgan fingerprint density at radius 2 is 2.06 bits per heavy atom. The summed E-state index contributed by atoms with van der Waals surface area (Å²) in [6, 6.07) is 5.18. The van der Waals surface area contributed by atoms with Crippen molar-refractivity contribution in [1.82, 2.24) is 0 Å². The lowest BCUT2D eigenvalue weighted by Crippen LogP contribution is -2.41. The summed E-state index contributed by atoms with van der Waals surface area (Å²) in [6.07, 6.45) is -0.0328. The molecule has 0 spiro atoms. The van der Waals surface area contributed by atoms with Gasteiger partial charge < -0.3 is 9.64 Å². The second-order valence-electron chi connectivity index (χ2n) is 4.30. The van der Waals surface area contributed by atoms with Crippen molar-refractivity contribution >= 4 is 17.4 Å². The summed E-state index contributed by atoms with van der Waals surface area (Å²) in [5.74, 6) is 0.598. The highest BCUT2D eigenvalue weighted by Gasteiger charge is 2.26. The van der Waals surface area contributed by atoms with Gasteiger partial charge in [0.2, 0.25) is 5.91 Å². The third-order valence-corrected chi connectivity index (χ3v) is 2.80. The van der Waals surface area contributed by atoms with E-state index in [2.05, 4.69) is 0 Å². The van der Waals surface area contributed by atoms with E-state index in [1.807, 2.05) is 6.92 Å². The molecule has 1 heterocycles. The molecule has 0 fully saturated rings. The molecule has 4 heteroatoms. The SMILES string of the molecule is CC(=O)c1ccc2c(c1)N(C(C)=O)CC(C)O2. The standard InChI is InChI=1S/C13H15NO3/c1-8-7-14(10(3)16)12-6-11(9(2)15)4-5-13(12)17-8/h4-6,8H,7H2,1-3H3. The van der Waals surface area contributed by atoms with E-state index in [9.17, 15) is 9.59 Å². The van der Waals surface area contributed by atoms with Crippen LogP contribution in [0.3, 0.4) is 0 Å². The van der Waals surface area contributed by atoms with Crippen molar-refractivity contribution < 1.29 is 14.3 Å². The number of benzene rings is 1. The predicted molar refractivity (Wildman–Crippen MR) is 64.6 cm³/mol. The quantitative estimate of drug-likeness (QED) is 0.697. The van der Waals surface area contributed by atoms with Gasteiger partial charge >= 0.3 is 0 Å². The highest BCUT2D eigenvalue weighted by molar-refractivity contribution is 5.99. The number of rotatable bonds is 1. The molecule has 0 aliphatic carbocycles. The summed E-state index contributed by atoms with van der Waals surface area (Å²) in [7, 11) is 0. The summed E-state index contributed by atoms with van der Waals surface area (Å²) in [5.41, 5.74) is 1.27. The van der Waals surface area contributed by atoms with Gasteiger partial charge in [-0.05, 0) is 32.0 Å². The highest BCUT2D eigenvalue weighted by Crippen LogP contribution is 2.34. The van der Waals surface area contributed by atoms with Crippen LogP contribution in [-0.2, 0) is 4.79 Å². The maximum Gasteiger partial charge on any atom is 0.224 e. The molecule has 0 N–H and O–H groups in total. The molecule has 4 nitrogen and oxygen atoms in total. The molecule has 2 rings (SSSR count). The number of Topliss-reactive ketones (excluding diaryl/α,β-unsaturated/α-hetero) is 1.